The number of thiazole rings is 1. The Balaban J connectivity index is 2.28. The van der Waals surface area contributed by atoms with Crippen LogP contribution in [-0.2, 0) is 0 Å². The highest BCUT2D eigenvalue weighted by molar-refractivity contribution is 7.16. The molecule has 1 N–H and O–H groups in total. The smallest absolute Gasteiger partial charge is 0.106 e. The molecule has 0 fully saturated rings. The molecule has 0 saturated carbocycles. The van der Waals surface area contributed by atoms with Crippen LogP contribution in [-0.4, -0.2) is 11.0 Å². The van der Waals surface area contributed by atoms with Gasteiger partial charge in [0.2, 0.25) is 0 Å². The molecule has 1 aromatic carbocycles. The molecule has 0 amide bonds. The zero-order valence-electron chi connectivity index (χ0n) is 10.3. The van der Waals surface area contributed by atoms with Gasteiger partial charge in [-0.3, -0.25) is 0 Å². The lowest BCUT2D eigenvalue weighted by molar-refractivity contribution is 0.540. The zero-order chi connectivity index (χ0) is 12.4. The summed E-state index contributed by atoms with van der Waals surface area (Å²) in [4.78, 5) is 4.38. The van der Waals surface area contributed by atoms with E-state index in [0.717, 1.165) is 22.6 Å². The second kappa shape index (κ2) is 5.23. The van der Waals surface area contributed by atoms with Gasteiger partial charge in [-0.15, -0.1) is 11.3 Å². The molecule has 0 aliphatic carbocycles. The normalized spacial score (nSPS) is 13.2. The first-order valence-corrected chi connectivity index (χ1v) is 7.12. The number of aromatic nitrogens is 1. The monoisotopic (exact) mass is 268 g/mol. The molecule has 2 rings (SSSR count). The second-order valence-electron chi connectivity index (χ2n) is 4.80. The van der Waals surface area contributed by atoms with Crippen molar-refractivity contribution in [2.24, 2.45) is 5.92 Å². The second-order valence-corrected chi connectivity index (χ2v) is 6.09. The van der Waals surface area contributed by atoms with E-state index in [9.17, 15) is 0 Å². The fourth-order valence-corrected chi connectivity index (χ4v) is 2.95. The molecule has 0 radical (unpaired) electrons. The summed E-state index contributed by atoms with van der Waals surface area (Å²) in [5, 5.41) is 4.23. The van der Waals surface area contributed by atoms with Crippen molar-refractivity contribution in [2.45, 2.75) is 33.2 Å². The molecule has 4 heteroatoms. The van der Waals surface area contributed by atoms with E-state index >= 15 is 0 Å². The Bertz CT molecular complexity index is 507. The number of nitrogens with one attached hydrogen (secondary N) is 1. The van der Waals surface area contributed by atoms with Crippen molar-refractivity contribution < 1.29 is 0 Å². The van der Waals surface area contributed by atoms with Crippen molar-refractivity contribution in [3.8, 4) is 0 Å². The highest BCUT2D eigenvalue weighted by atomic mass is 35.5. The van der Waals surface area contributed by atoms with Crippen molar-refractivity contribution in [1.29, 1.82) is 0 Å². The first-order valence-electron chi connectivity index (χ1n) is 5.86. The molecule has 2 nitrogen and oxygen atoms in total. The maximum atomic E-state index is 6.24. The van der Waals surface area contributed by atoms with Crippen LogP contribution in [0, 0.1) is 5.92 Å². The minimum Gasteiger partial charge on any atom is -0.380 e. The van der Waals surface area contributed by atoms with Gasteiger partial charge in [0.1, 0.15) is 5.52 Å². The zero-order valence-corrected chi connectivity index (χ0v) is 11.9. The number of hydrogen-bond acceptors (Lipinski definition) is 3. The average Bonchev–Trinajstić information content (AvgIpc) is 2.69. The van der Waals surface area contributed by atoms with Gasteiger partial charge in [0, 0.05) is 6.04 Å². The van der Waals surface area contributed by atoms with Crippen LogP contribution in [0.3, 0.4) is 0 Å². The highest BCUT2D eigenvalue weighted by Gasteiger charge is 2.12. The summed E-state index contributed by atoms with van der Waals surface area (Å²) < 4.78 is 1.17. The topological polar surface area (TPSA) is 24.9 Å². The van der Waals surface area contributed by atoms with Crippen molar-refractivity contribution in [3.63, 3.8) is 0 Å². The third-order valence-corrected chi connectivity index (χ3v) is 3.78. The lowest BCUT2D eigenvalue weighted by Crippen LogP contribution is -2.17. The van der Waals surface area contributed by atoms with Crippen molar-refractivity contribution in [3.05, 3.63) is 22.7 Å². The van der Waals surface area contributed by atoms with Gasteiger partial charge >= 0.3 is 0 Å². The first-order chi connectivity index (χ1) is 8.08. The van der Waals surface area contributed by atoms with Gasteiger partial charge in [0.15, 0.2) is 0 Å². The predicted octanol–water partition coefficient (Wildman–Crippen LogP) is 4.80. The minimum absolute atomic E-state index is 0.403. The third kappa shape index (κ3) is 2.90. The number of halogens is 1. The van der Waals surface area contributed by atoms with E-state index in [-0.39, 0.29) is 0 Å². The van der Waals surface area contributed by atoms with E-state index in [2.05, 4.69) is 31.1 Å². The van der Waals surface area contributed by atoms with Crippen LogP contribution in [0.1, 0.15) is 27.2 Å². The first kappa shape index (κ1) is 12.7. The van der Waals surface area contributed by atoms with Crippen LogP contribution < -0.4 is 5.32 Å². The quantitative estimate of drug-likeness (QED) is 0.862. The SMILES string of the molecule is CC(C)CC(C)Nc1c(Cl)ccc2scnc12. The molecule has 0 bridgehead atoms. The van der Waals surface area contributed by atoms with Gasteiger partial charge in [-0.1, -0.05) is 25.4 Å². The van der Waals surface area contributed by atoms with E-state index < -0.39 is 0 Å². The molecular formula is C13H17ClN2S. The Kier molecular flexibility index (Phi) is 3.89. The highest BCUT2D eigenvalue weighted by Crippen LogP contribution is 2.33. The molecule has 0 aliphatic heterocycles. The fraction of sp³-hybridized carbons (Fsp3) is 0.462. The van der Waals surface area contributed by atoms with E-state index in [0.29, 0.717) is 12.0 Å². The molecule has 1 unspecified atom stereocenters. The summed E-state index contributed by atoms with van der Waals surface area (Å²) in [6, 6.07) is 4.36. The molecule has 0 spiro atoms. The lowest BCUT2D eigenvalue weighted by atomic mass is 10.0. The Morgan fingerprint density at radius 1 is 1.35 bits per heavy atom. The van der Waals surface area contributed by atoms with Crippen molar-refractivity contribution in [1.82, 2.24) is 4.98 Å². The van der Waals surface area contributed by atoms with E-state index in [1.807, 2.05) is 17.6 Å². The van der Waals surface area contributed by atoms with E-state index in [1.165, 1.54) is 4.70 Å². The molecule has 1 heterocycles. The largest absolute Gasteiger partial charge is 0.380 e. The summed E-state index contributed by atoms with van der Waals surface area (Å²) in [5.41, 5.74) is 3.82. The lowest BCUT2D eigenvalue weighted by Gasteiger charge is -2.18. The van der Waals surface area contributed by atoms with Gasteiger partial charge in [-0.2, -0.15) is 0 Å². The number of rotatable bonds is 4. The molecule has 1 aromatic heterocycles. The van der Waals surface area contributed by atoms with E-state index in [4.69, 9.17) is 11.6 Å². The third-order valence-electron chi connectivity index (χ3n) is 2.67. The number of hydrogen-bond donors (Lipinski definition) is 1. The molecule has 0 aliphatic rings. The Hall–Kier alpha value is -0.800. The standard InChI is InChI=1S/C13H17ClN2S/c1-8(2)6-9(3)16-12-10(14)4-5-11-13(12)15-7-17-11/h4-5,7-9,16H,6H2,1-3H3. The molecule has 92 valence electrons. The molecule has 17 heavy (non-hydrogen) atoms. The Morgan fingerprint density at radius 2 is 2.12 bits per heavy atom. The summed E-state index contributed by atoms with van der Waals surface area (Å²) in [5.74, 6) is 0.672. The molecule has 2 aromatic rings. The van der Waals surface area contributed by atoms with Crippen molar-refractivity contribution >= 4 is 38.8 Å². The van der Waals surface area contributed by atoms with E-state index in [1.54, 1.807) is 11.3 Å². The molecular weight excluding hydrogens is 252 g/mol. The summed E-state index contributed by atoms with van der Waals surface area (Å²) in [6.45, 7) is 6.63. The molecule has 1 atom stereocenters. The predicted molar refractivity (Wildman–Crippen MR) is 77.2 cm³/mol. The van der Waals surface area contributed by atoms with Crippen LogP contribution >= 0.6 is 22.9 Å². The number of benzene rings is 1. The van der Waals surface area contributed by atoms with Gasteiger partial charge in [0.05, 0.1) is 20.9 Å². The maximum absolute atomic E-state index is 6.24. The average molecular weight is 269 g/mol. The van der Waals surface area contributed by atoms with Crippen LogP contribution in [0.15, 0.2) is 17.6 Å². The number of anilines is 1. The summed E-state index contributed by atoms with van der Waals surface area (Å²) >= 11 is 7.88. The number of fused-ring (bicyclic) bond motifs is 1. The summed E-state index contributed by atoms with van der Waals surface area (Å²) in [6.07, 6.45) is 1.12. The minimum atomic E-state index is 0.403. The van der Waals surface area contributed by atoms with Gasteiger partial charge in [0.25, 0.3) is 0 Å². The van der Waals surface area contributed by atoms with Crippen molar-refractivity contribution in [2.75, 3.05) is 5.32 Å². The number of nitrogens with zero attached hydrogens (tertiary/aromatic N) is 1. The van der Waals surface area contributed by atoms with Gasteiger partial charge < -0.3 is 5.32 Å². The van der Waals surface area contributed by atoms with Crippen LogP contribution in [0.2, 0.25) is 5.02 Å². The van der Waals surface area contributed by atoms with Crippen LogP contribution in [0.25, 0.3) is 10.2 Å². The summed E-state index contributed by atoms with van der Waals surface area (Å²) in [7, 11) is 0. The molecule has 0 saturated heterocycles. The van der Waals surface area contributed by atoms with Crippen LogP contribution in [0.4, 0.5) is 5.69 Å². The fourth-order valence-electron chi connectivity index (χ4n) is 2.06. The van der Waals surface area contributed by atoms with Gasteiger partial charge in [-0.25, -0.2) is 4.98 Å². The maximum Gasteiger partial charge on any atom is 0.106 e. The van der Waals surface area contributed by atoms with Crippen LogP contribution in [0.5, 0.6) is 0 Å². The van der Waals surface area contributed by atoms with Gasteiger partial charge in [-0.05, 0) is 31.4 Å². The Morgan fingerprint density at radius 3 is 2.82 bits per heavy atom. The Labute approximate surface area is 111 Å².